The largest absolute Gasteiger partial charge is 0.450 e. The molecule has 1 aromatic heterocycles. The lowest BCUT2D eigenvalue weighted by Crippen LogP contribution is -2.42. The molecule has 2 aliphatic rings. The molecule has 154 valence electrons. The molecule has 4 rings (SSSR count). The van der Waals surface area contributed by atoms with Crippen molar-refractivity contribution in [2.75, 3.05) is 36.5 Å². The van der Waals surface area contributed by atoms with Crippen LogP contribution in [0.3, 0.4) is 0 Å². The monoisotopic (exact) mass is 414 g/mol. The Hall–Kier alpha value is -2.61. The average molecular weight is 415 g/mol. The van der Waals surface area contributed by atoms with Crippen LogP contribution in [-0.2, 0) is 9.53 Å². The summed E-state index contributed by atoms with van der Waals surface area (Å²) in [5.74, 6) is 0.192. The number of likely N-dealkylation sites (tertiary alicyclic amines) is 1. The first-order valence-corrected chi connectivity index (χ1v) is 11.1. The first-order chi connectivity index (χ1) is 14.1. The van der Waals surface area contributed by atoms with Crippen LogP contribution in [0.4, 0.5) is 15.6 Å². The number of anilines is 2. The minimum atomic E-state index is -0.223. The zero-order valence-corrected chi connectivity index (χ0v) is 17.4. The molecule has 2 fully saturated rings. The summed E-state index contributed by atoms with van der Waals surface area (Å²) >= 11 is 1.58. The van der Waals surface area contributed by atoms with E-state index in [1.54, 1.807) is 16.2 Å². The van der Waals surface area contributed by atoms with Gasteiger partial charge in [-0.05, 0) is 38.3 Å². The van der Waals surface area contributed by atoms with Gasteiger partial charge >= 0.3 is 6.09 Å². The molecule has 0 saturated carbocycles. The minimum Gasteiger partial charge on any atom is -0.450 e. The number of rotatable bonds is 5. The van der Waals surface area contributed by atoms with Crippen LogP contribution in [-0.4, -0.2) is 54.2 Å². The number of benzene rings is 1. The second kappa shape index (κ2) is 8.82. The Bertz CT molecular complexity index is 876. The summed E-state index contributed by atoms with van der Waals surface area (Å²) in [6, 6.07) is 8.33. The summed E-state index contributed by atoms with van der Waals surface area (Å²) in [6.45, 7) is 4.41. The third-order valence-corrected chi connectivity index (χ3v) is 6.15. The van der Waals surface area contributed by atoms with Gasteiger partial charge in [-0.3, -0.25) is 4.79 Å². The van der Waals surface area contributed by atoms with Crippen molar-refractivity contribution in [2.45, 2.75) is 38.6 Å². The van der Waals surface area contributed by atoms with Gasteiger partial charge in [-0.15, -0.1) is 11.3 Å². The number of aromatic nitrogens is 1. The van der Waals surface area contributed by atoms with E-state index in [0.29, 0.717) is 32.2 Å². The third-order valence-electron chi connectivity index (χ3n) is 5.38. The maximum atomic E-state index is 12.0. The summed E-state index contributed by atoms with van der Waals surface area (Å²) in [5.41, 5.74) is 2.87. The molecule has 3 heterocycles. The second-order valence-corrected chi connectivity index (χ2v) is 8.20. The maximum Gasteiger partial charge on any atom is 0.409 e. The van der Waals surface area contributed by atoms with Gasteiger partial charge in [-0.1, -0.05) is 12.1 Å². The highest BCUT2D eigenvalue weighted by atomic mass is 32.1. The Morgan fingerprint density at radius 2 is 2.14 bits per heavy atom. The van der Waals surface area contributed by atoms with Gasteiger partial charge in [0.25, 0.3) is 0 Å². The van der Waals surface area contributed by atoms with Crippen LogP contribution in [0.15, 0.2) is 29.6 Å². The lowest BCUT2D eigenvalue weighted by atomic mass is 10.1. The number of ether oxygens (including phenoxy) is 1. The molecule has 7 nitrogen and oxygen atoms in total. The quantitative estimate of drug-likeness (QED) is 0.801. The normalized spacial score (nSPS) is 17.6. The first-order valence-electron chi connectivity index (χ1n) is 10.2. The highest BCUT2D eigenvalue weighted by Crippen LogP contribution is 2.30. The van der Waals surface area contributed by atoms with Crippen molar-refractivity contribution >= 4 is 34.2 Å². The molecule has 0 aliphatic carbocycles. The molecule has 0 spiro atoms. The smallest absolute Gasteiger partial charge is 0.409 e. The Morgan fingerprint density at radius 3 is 2.86 bits per heavy atom. The van der Waals surface area contributed by atoms with Crippen molar-refractivity contribution in [3.05, 3.63) is 29.6 Å². The van der Waals surface area contributed by atoms with E-state index in [1.807, 2.05) is 41.5 Å². The maximum absolute atomic E-state index is 12.0. The number of nitrogens with one attached hydrogen (secondary N) is 1. The number of thiazole rings is 1. The highest BCUT2D eigenvalue weighted by Gasteiger charge is 2.24. The van der Waals surface area contributed by atoms with Crippen LogP contribution in [0, 0.1) is 0 Å². The SMILES string of the molecule is CCOC(=O)N1CCC(Nc2nc(-c3cccc(N4CCCC4=O)c3)cs2)CC1. The van der Waals surface area contributed by atoms with Gasteiger partial charge in [0.15, 0.2) is 5.13 Å². The first kappa shape index (κ1) is 19.7. The van der Waals surface area contributed by atoms with E-state index in [-0.39, 0.29) is 12.0 Å². The molecule has 1 aromatic carbocycles. The van der Waals surface area contributed by atoms with Crippen molar-refractivity contribution in [1.29, 1.82) is 0 Å². The second-order valence-electron chi connectivity index (χ2n) is 7.34. The van der Waals surface area contributed by atoms with Crippen molar-refractivity contribution in [3.63, 3.8) is 0 Å². The summed E-state index contributed by atoms with van der Waals surface area (Å²) in [7, 11) is 0. The molecular weight excluding hydrogens is 388 g/mol. The van der Waals surface area contributed by atoms with Gasteiger partial charge in [0.05, 0.1) is 12.3 Å². The third kappa shape index (κ3) is 4.53. The summed E-state index contributed by atoms with van der Waals surface area (Å²) in [5, 5.41) is 6.43. The van der Waals surface area contributed by atoms with Crippen molar-refractivity contribution in [3.8, 4) is 11.3 Å². The predicted molar refractivity (Wildman–Crippen MR) is 114 cm³/mol. The average Bonchev–Trinajstić information content (AvgIpc) is 3.38. The molecule has 2 saturated heterocycles. The Balaban J connectivity index is 1.37. The summed E-state index contributed by atoms with van der Waals surface area (Å²) in [6.07, 6.45) is 3.08. The fraction of sp³-hybridized carbons (Fsp3) is 0.476. The van der Waals surface area contributed by atoms with Gasteiger partial charge in [-0.2, -0.15) is 0 Å². The number of nitrogens with zero attached hydrogens (tertiary/aromatic N) is 3. The molecule has 0 atom stereocenters. The lowest BCUT2D eigenvalue weighted by molar-refractivity contribution is -0.117. The van der Waals surface area contributed by atoms with E-state index in [0.717, 1.165) is 47.9 Å². The van der Waals surface area contributed by atoms with E-state index in [4.69, 9.17) is 9.72 Å². The fourth-order valence-electron chi connectivity index (χ4n) is 3.82. The zero-order chi connectivity index (χ0) is 20.2. The van der Waals surface area contributed by atoms with Crippen LogP contribution >= 0.6 is 11.3 Å². The van der Waals surface area contributed by atoms with Crippen LogP contribution in [0.5, 0.6) is 0 Å². The number of carbonyl (C=O) groups excluding carboxylic acids is 2. The van der Waals surface area contributed by atoms with Crippen LogP contribution in [0.2, 0.25) is 0 Å². The van der Waals surface area contributed by atoms with Crippen molar-refractivity contribution in [1.82, 2.24) is 9.88 Å². The Kier molecular flexibility index (Phi) is 5.99. The predicted octanol–water partition coefficient (Wildman–Crippen LogP) is 3.97. The molecule has 2 amide bonds. The minimum absolute atomic E-state index is 0.192. The highest BCUT2D eigenvalue weighted by molar-refractivity contribution is 7.14. The Labute approximate surface area is 174 Å². The molecule has 1 N–H and O–H groups in total. The number of amides is 2. The van der Waals surface area contributed by atoms with E-state index < -0.39 is 0 Å². The number of carbonyl (C=O) groups is 2. The van der Waals surface area contributed by atoms with Gasteiger partial charge < -0.3 is 19.9 Å². The van der Waals surface area contributed by atoms with Gasteiger partial charge in [0, 0.05) is 48.7 Å². The van der Waals surface area contributed by atoms with Gasteiger partial charge in [0.2, 0.25) is 5.91 Å². The molecule has 29 heavy (non-hydrogen) atoms. The van der Waals surface area contributed by atoms with Gasteiger partial charge in [-0.25, -0.2) is 9.78 Å². The van der Waals surface area contributed by atoms with Crippen LogP contribution in [0.25, 0.3) is 11.3 Å². The molecule has 0 bridgehead atoms. The van der Waals surface area contributed by atoms with E-state index in [2.05, 4.69) is 5.32 Å². The molecular formula is C21H26N4O3S. The number of piperidine rings is 1. The lowest BCUT2D eigenvalue weighted by Gasteiger charge is -2.31. The van der Waals surface area contributed by atoms with E-state index in [9.17, 15) is 9.59 Å². The molecule has 0 radical (unpaired) electrons. The van der Waals surface area contributed by atoms with E-state index in [1.165, 1.54) is 0 Å². The summed E-state index contributed by atoms with van der Waals surface area (Å²) < 4.78 is 5.07. The number of hydrogen-bond acceptors (Lipinski definition) is 6. The zero-order valence-electron chi connectivity index (χ0n) is 16.6. The molecule has 2 aliphatic heterocycles. The molecule has 8 heteroatoms. The Morgan fingerprint density at radius 1 is 1.31 bits per heavy atom. The van der Waals surface area contributed by atoms with Crippen molar-refractivity contribution in [2.24, 2.45) is 0 Å². The van der Waals surface area contributed by atoms with E-state index >= 15 is 0 Å². The summed E-state index contributed by atoms with van der Waals surface area (Å²) in [4.78, 5) is 32.2. The number of hydrogen-bond donors (Lipinski definition) is 1. The standard InChI is InChI=1S/C21H26N4O3S/c1-2-28-21(27)24-11-8-16(9-12-24)22-20-23-18(14-29-20)15-5-3-6-17(13-15)25-10-4-7-19(25)26/h3,5-6,13-14,16H,2,4,7-12H2,1H3,(H,22,23). The molecule has 2 aromatic rings. The van der Waals surface area contributed by atoms with Crippen molar-refractivity contribution < 1.29 is 14.3 Å². The van der Waals surface area contributed by atoms with Gasteiger partial charge in [0.1, 0.15) is 0 Å². The topological polar surface area (TPSA) is 74.8 Å². The fourth-order valence-corrected chi connectivity index (χ4v) is 4.62. The van der Waals surface area contributed by atoms with Crippen LogP contribution in [0.1, 0.15) is 32.6 Å². The van der Waals surface area contributed by atoms with Crippen LogP contribution < -0.4 is 10.2 Å². The molecule has 0 unspecified atom stereocenters.